The van der Waals surface area contributed by atoms with Gasteiger partial charge in [-0.3, -0.25) is 9.80 Å². The summed E-state index contributed by atoms with van der Waals surface area (Å²) in [5.74, 6) is 4.32. The van der Waals surface area contributed by atoms with Crippen molar-refractivity contribution in [2.45, 2.75) is 115 Å². The zero-order valence-corrected chi connectivity index (χ0v) is 26.0. The molecular weight excluding hydrogens is 520 g/mol. The number of benzene rings is 1. The first-order valence-electron chi connectivity index (χ1n) is 17.2. The first kappa shape index (κ1) is 28.5. The van der Waals surface area contributed by atoms with E-state index in [2.05, 4.69) is 62.2 Å². The molecule has 4 aliphatic rings. The van der Waals surface area contributed by atoms with Gasteiger partial charge in [0.25, 0.3) is 0 Å². The van der Waals surface area contributed by atoms with Gasteiger partial charge in [0.15, 0.2) is 0 Å². The second kappa shape index (κ2) is 12.8. The van der Waals surface area contributed by atoms with Gasteiger partial charge < -0.3 is 13.9 Å². The van der Waals surface area contributed by atoms with Crippen LogP contribution in [0.3, 0.4) is 0 Å². The van der Waals surface area contributed by atoms with Crippen LogP contribution in [0.1, 0.15) is 95.2 Å². The zero-order valence-electron chi connectivity index (χ0n) is 26.0. The van der Waals surface area contributed by atoms with E-state index in [4.69, 9.17) is 9.72 Å². The van der Waals surface area contributed by atoms with E-state index < -0.39 is 0 Å². The van der Waals surface area contributed by atoms with Gasteiger partial charge in [0.2, 0.25) is 0 Å². The predicted octanol–water partition coefficient (Wildman–Crippen LogP) is 6.38. The van der Waals surface area contributed by atoms with Gasteiger partial charge >= 0.3 is 0 Å². The highest BCUT2D eigenvalue weighted by atomic mass is 16.5. The van der Waals surface area contributed by atoms with Gasteiger partial charge in [0.05, 0.1) is 30.8 Å². The van der Waals surface area contributed by atoms with E-state index in [1.165, 1.54) is 88.5 Å². The lowest BCUT2D eigenvalue weighted by atomic mass is 9.76. The van der Waals surface area contributed by atoms with Crippen LogP contribution in [0.25, 0.3) is 11.0 Å². The van der Waals surface area contributed by atoms with Gasteiger partial charge in [0, 0.05) is 63.1 Å². The number of piperidine rings is 1. The van der Waals surface area contributed by atoms with Crippen molar-refractivity contribution in [2.24, 2.45) is 18.9 Å². The molecule has 1 unspecified atom stereocenters. The van der Waals surface area contributed by atoms with E-state index in [1.807, 2.05) is 12.4 Å². The minimum absolute atomic E-state index is 0.308. The van der Waals surface area contributed by atoms with Crippen LogP contribution in [-0.4, -0.2) is 73.3 Å². The SMILES string of the molecule is CCC[C@H]1C[C@@H](n2c(C[C@@H]3COCCN3Cc3nccn3C)nc3ccccc32)CCN1C1C[C@H]2CCCC[C@@H](C1)C2. The molecule has 2 bridgehead atoms. The standard InChI is InChI=1S/C35H52N6O/c1-3-8-28-22-29(13-15-40(28)30-20-26-9-4-5-10-27(19-26)21-30)41-33-12-7-6-11-32(33)37-34(41)23-31-25-42-18-17-39(31)24-35-36-14-16-38(35)2/h6-7,11-12,14,16,26-31H,3-5,8-10,13,15,17-25H2,1-2H3/t26-,27+,28-,29-,30?,31+/m0/s1. The molecule has 2 aliphatic carbocycles. The molecule has 2 saturated heterocycles. The Labute approximate surface area is 252 Å². The summed E-state index contributed by atoms with van der Waals surface area (Å²) in [6.45, 7) is 6.98. The van der Waals surface area contributed by atoms with Crippen LogP contribution in [0, 0.1) is 11.8 Å². The fourth-order valence-corrected chi connectivity index (χ4v) is 9.19. The van der Waals surface area contributed by atoms with Gasteiger partial charge in [-0.15, -0.1) is 0 Å². The molecule has 0 N–H and O–H groups in total. The highest BCUT2D eigenvalue weighted by Gasteiger charge is 2.39. The Bertz CT molecular complexity index is 1300. The van der Waals surface area contributed by atoms with E-state index in [9.17, 15) is 0 Å². The minimum atomic E-state index is 0.308. The fraction of sp³-hybridized carbons (Fsp3) is 0.714. The first-order chi connectivity index (χ1) is 20.7. The van der Waals surface area contributed by atoms with E-state index in [0.717, 1.165) is 61.9 Å². The molecule has 228 valence electrons. The molecule has 2 saturated carbocycles. The average Bonchev–Trinajstić information content (AvgIpc) is 3.53. The summed E-state index contributed by atoms with van der Waals surface area (Å²) in [6.07, 6.45) is 20.3. The predicted molar refractivity (Wildman–Crippen MR) is 168 cm³/mol. The smallest absolute Gasteiger partial charge is 0.122 e. The number of fused-ring (bicyclic) bond motifs is 3. The molecule has 3 aromatic rings. The maximum Gasteiger partial charge on any atom is 0.122 e. The number of para-hydroxylation sites is 2. The van der Waals surface area contributed by atoms with Crippen molar-refractivity contribution in [1.82, 2.24) is 28.9 Å². The number of hydrogen-bond donors (Lipinski definition) is 0. The third-order valence-corrected chi connectivity index (χ3v) is 11.2. The second-order valence-electron chi connectivity index (χ2n) is 14.0. The number of rotatable bonds is 8. The highest BCUT2D eigenvalue weighted by molar-refractivity contribution is 5.76. The van der Waals surface area contributed by atoms with Crippen molar-refractivity contribution in [1.29, 1.82) is 0 Å². The average molecular weight is 573 g/mol. The second-order valence-corrected chi connectivity index (χ2v) is 14.0. The summed E-state index contributed by atoms with van der Waals surface area (Å²) in [7, 11) is 2.09. The van der Waals surface area contributed by atoms with E-state index in [-0.39, 0.29) is 0 Å². The molecule has 1 aromatic carbocycles. The maximum absolute atomic E-state index is 6.05. The van der Waals surface area contributed by atoms with Crippen LogP contribution in [0.15, 0.2) is 36.7 Å². The third kappa shape index (κ3) is 5.94. The lowest BCUT2D eigenvalue weighted by Crippen LogP contribution is -2.51. The van der Waals surface area contributed by atoms with Crippen LogP contribution >= 0.6 is 0 Å². The molecule has 7 rings (SSSR count). The Morgan fingerprint density at radius 2 is 1.74 bits per heavy atom. The summed E-state index contributed by atoms with van der Waals surface area (Å²) in [4.78, 5) is 15.5. The number of morpholine rings is 1. The van der Waals surface area contributed by atoms with E-state index in [0.29, 0.717) is 18.1 Å². The summed E-state index contributed by atoms with van der Waals surface area (Å²) < 4.78 is 10.9. The Kier molecular flexibility index (Phi) is 8.69. The Morgan fingerprint density at radius 3 is 2.52 bits per heavy atom. The van der Waals surface area contributed by atoms with Gasteiger partial charge in [-0.1, -0.05) is 51.2 Å². The molecule has 4 fully saturated rings. The molecule has 7 heteroatoms. The Morgan fingerprint density at radius 1 is 0.905 bits per heavy atom. The molecule has 7 nitrogen and oxygen atoms in total. The number of likely N-dealkylation sites (tertiary alicyclic amines) is 1. The highest BCUT2D eigenvalue weighted by Crippen LogP contribution is 2.43. The molecule has 2 aromatic heterocycles. The van der Waals surface area contributed by atoms with Crippen molar-refractivity contribution in [3.05, 3.63) is 48.3 Å². The zero-order chi connectivity index (χ0) is 28.5. The number of imidazole rings is 2. The van der Waals surface area contributed by atoms with Crippen LogP contribution in [-0.2, 0) is 24.8 Å². The summed E-state index contributed by atoms with van der Waals surface area (Å²) in [5.41, 5.74) is 2.46. The normalized spacial score (nSPS) is 31.4. The largest absolute Gasteiger partial charge is 0.378 e. The van der Waals surface area contributed by atoms with Crippen molar-refractivity contribution >= 4 is 11.0 Å². The van der Waals surface area contributed by atoms with Crippen molar-refractivity contribution < 1.29 is 4.74 Å². The fourth-order valence-electron chi connectivity index (χ4n) is 9.19. The molecule has 42 heavy (non-hydrogen) atoms. The number of ether oxygens (including phenoxy) is 1. The minimum Gasteiger partial charge on any atom is -0.378 e. The van der Waals surface area contributed by atoms with Gasteiger partial charge in [-0.25, -0.2) is 9.97 Å². The van der Waals surface area contributed by atoms with E-state index >= 15 is 0 Å². The molecule has 0 spiro atoms. The quantitative estimate of drug-likeness (QED) is 0.314. The molecular formula is C35H52N6O. The van der Waals surface area contributed by atoms with Crippen LogP contribution in [0.2, 0.25) is 0 Å². The molecule has 0 radical (unpaired) electrons. The summed E-state index contributed by atoms with van der Waals surface area (Å²) in [5, 5.41) is 0. The molecule has 2 aliphatic heterocycles. The van der Waals surface area contributed by atoms with Gasteiger partial charge in [-0.2, -0.15) is 0 Å². The third-order valence-electron chi connectivity index (χ3n) is 11.2. The van der Waals surface area contributed by atoms with Crippen LogP contribution < -0.4 is 0 Å². The molecule has 6 atom stereocenters. The van der Waals surface area contributed by atoms with Gasteiger partial charge in [0.1, 0.15) is 11.6 Å². The summed E-state index contributed by atoms with van der Waals surface area (Å²) in [6, 6.07) is 11.2. The molecule has 4 heterocycles. The van der Waals surface area contributed by atoms with Crippen molar-refractivity contribution in [3.63, 3.8) is 0 Å². The van der Waals surface area contributed by atoms with Crippen LogP contribution in [0.4, 0.5) is 0 Å². The number of aromatic nitrogens is 4. The van der Waals surface area contributed by atoms with E-state index in [1.54, 1.807) is 0 Å². The Hall–Kier alpha value is -2.22. The molecule has 0 amide bonds. The van der Waals surface area contributed by atoms with Crippen molar-refractivity contribution in [2.75, 3.05) is 26.3 Å². The monoisotopic (exact) mass is 572 g/mol. The number of nitrogens with zero attached hydrogens (tertiary/aromatic N) is 6. The Balaban J connectivity index is 1.13. The maximum atomic E-state index is 6.05. The van der Waals surface area contributed by atoms with Gasteiger partial charge in [-0.05, 0) is 62.5 Å². The topological polar surface area (TPSA) is 51.4 Å². The lowest BCUT2D eigenvalue weighted by molar-refractivity contribution is -0.0141. The lowest BCUT2D eigenvalue weighted by Gasteiger charge is -2.48. The van der Waals surface area contributed by atoms with Crippen molar-refractivity contribution in [3.8, 4) is 0 Å². The number of hydrogen-bond acceptors (Lipinski definition) is 5. The number of aryl methyl sites for hydroxylation is 1. The summed E-state index contributed by atoms with van der Waals surface area (Å²) >= 11 is 0. The first-order valence-corrected chi connectivity index (χ1v) is 17.2. The van der Waals surface area contributed by atoms with Crippen LogP contribution in [0.5, 0.6) is 0 Å².